The van der Waals surface area contributed by atoms with Crippen molar-refractivity contribution >= 4 is 44.5 Å². The maximum Gasteiger partial charge on any atom is 0.309 e. The fraction of sp³-hybridized carbons (Fsp3) is 0.500. The number of aryl methyl sites for hydroxylation is 1. The van der Waals surface area contributed by atoms with E-state index in [0.717, 1.165) is 15.8 Å². The van der Waals surface area contributed by atoms with Crippen LogP contribution in [0.15, 0.2) is 18.2 Å². The highest BCUT2D eigenvalue weighted by atomic mass is 32.1. The van der Waals surface area contributed by atoms with Gasteiger partial charge in [-0.15, -0.1) is 0 Å². The third-order valence-corrected chi connectivity index (χ3v) is 5.76. The number of aromatic nitrogens is 1. The van der Waals surface area contributed by atoms with E-state index in [4.69, 9.17) is 4.74 Å². The molecule has 0 atom stereocenters. The number of anilines is 1. The van der Waals surface area contributed by atoms with Crippen LogP contribution >= 0.6 is 11.3 Å². The average molecular weight is 404 g/mol. The number of hydrogen-bond donors (Lipinski definition) is 1. The summed E-state index contributed by atoms with van der Waals surface area (Å²) < 4.78 is 6.06. The Balaban J connectivity index is 1.52. The molecule has 3 rings (SSSR count). The molecule has 1 saturated heterocycles. The van der Waals surface area contributed by atoms with Crippen molar-refractivity contribution in [3.8, 4) is 0 Å². The standard InChI is InChI=1S/C20H25N3O4S/c1-3-27-19(26)15-8-10-23(11-9-15)18(25)7-5-14-4-6-16-17(12-14)28-20(22-16)21-13(2)24/h4,6,12,15H,3,5,7-11H2,1-2H3,(H,21,22,24). The van der Waals surface area contributed by atoms with Gasteiger partial charge in [0.25, 0.3) is 0 Å². The number of nitrogens with one attached hydrogen (secondary N) is 1. The van der Waals surface area contributed by atoms with Crippen LogP contribution in [-0.4, -0.2) is 47.4 Å². The minimum Gasteiger partial charge on any atom is -0.466 e. The molecule has 0 aliphatic carbocycles. The van der Waals surface area contributed by atoms with Crippen LogP contribution in [0.2, 0.25) is 0 Å². The van der Waals surface area contributed by atoms with Crippen molar-refractivity contribution < 1.29 is 19.1 Å². The highest BCUT2D eigenvalue weighted by Gasteiger charge is 2.27. The Labute approximate surface area is 168 Å². The van der Waals surface area contributed by atoms with Gasteiger partial charge in [-0.3, -0.25) is 14.4 Å². The molecule has 1 aromatic heterocycles. The molecule has 2 amide bonds. The van der Waals surface area contributed by atoms with E-state index < -0.39 is 0 Å². The summed E-state index contributed by atoms with van der Waals surface area (Å²) >= 11 is 1.43. The number of ether oxygens (including phenoxy) is 1. The number of piperidine rings is 1. The predicted molar refractivity (Wildman–Crippen MR) is 108 cm³/mol. The second-order valence-electron chi connectivity index (χ2n) is 6.91. The Morgan fingerprint density at radius 2 is 2.04 bits per heavy atom. The fourth-order valence-electron chi connectivity index (χ4n) is 3.36. The van der Waals surface area contributed by atoms with Crippen molar-refractivity contribution in [2.75, 3.05) is 25.0 Å². The molecule has 2 heterocycles. The Hall–Kier alpha value is -2.48. The molecular formula is C20H25N3O4S. The summed E-state index contributed by atoms with van der Waals surface area (Å²) in [5.74, 6) is -0.260. The summed E-state index contributed by atoms with van der Waals surface area (Å²) in [6.07, 6.45) is 2.43. The van der Waals surface area contributed by atoms with E-state index in [2.05, 4.69) is 10.3 Å². The van der Waals surface area contributed by atoms with Crippen molar-refractivity contribution in [1.82, 2.24) is 9.88 Å². The van der Waals surface area contributed by atoms with Crippen LogP contribution in [0.4, 0.5) is 5.13 Å². The molecule has 0 radical (unpaired) electrons. The molecule has 7 nitrogen and oxygen atoms in total. The minimum atomic E-state index is -0.147. The van der Waals surface area contributed by atoms with Gasteiger partial charge in [-0.2, -0.15) is 0 Å². The number of fused-ring (bicyclic) bond motifs is 1. The monoisotopic (exact) mass is 403 g/mol. The lowest BCUT2D eigenvalue weighted by Gasteiger charge is -2.31. The maximum absolute atomic E-state index is 12.5. The average Bonchev–Trinajstić information content (AvgIpc) is 3.07. The van der Waals surface area contributed by atoms with Gasteiger partial charge in [0.2, 0.25) is 11.8 Å². The van der Waals surface area contributed by atoms with E-state index in [9.17, 15) is 14.4 Å². The van der Waals surface area contributed by atoms with Crippen LogP contribution in [0.3, 0.4) is 0 Å². The Kier molecular flexibility index (Phi) is 6.61. The maximum atomic E-state index is 12.5. The lowest BCUT2D eigenvalue weighted by Crippen LogP contribution is -2.40. The number of carbonyl (C=O) groups excluding carboxylic acids is 3. The summed E-state index contributed by atoms with van der Waals surface area (Å²) in [5, 5.41) is 3.28. The number of thiazole rings is 1. The number of rotatable bonds is 6. The molecule has 1 aliphatic rings. The molecule has 1 N–H and O–H groups in total. The quantitative estimate of drug-likeness (QED) is 0.749. The van der Waals surface area contributed by atoms with Crippen molar-refractivity contribution in [2.45, 2.75) is 39.5 Å². The number of amides is 2. The van der Waals surface area contributed by atoms with Crippen LogP contribution in [-0.2, 0) is 25.5 Å². The normalized spacial score (nSPS) is 14.9. The van der Waals surface area contributed by atoms with E-state index >= 15 is 0 Å². The molecule has 1 aromatic carbocycles. The topological polar surface area (TPSA) is 88.6 Å². The highest BCUT2D eigenvalue weighted by Crippen LogP contribution is 2.27. The second-order valence-corrected chi connectivity index (χ2v) is 7.94. The van der Waals surface area contributed by atoms with Crippen LogP contribution in [0, 0.1) is 5.92 Å². The smallest absolute Gasteiger partial charge is 0.309 e. The van der Waals surface area contributed by atoms with Crippen LogP contribution in [0.1, 0.15) is 38.7 Å². The summed E-state index contributed by atoms with van der Waals surface area (Å²) in [6, 6.07) is 5.92. The van der Waals surface area contributed by atoms with Gasteiger partial charge in [0, 0.05) is 26.4 Å². The second kappa shape index (κ2) is 9.14. The van der Waals surface area contributed by atoms with E-state index in [1.165, 1.54) is 18.3 Å². The van der Waals surface area contributed by atoms with Crippen molar-refractivity contribution in [2.24, 2.45) is 5.92 Å². The lowest BCUT2D eigenvalue weighted by atomic mass is 9.96. The first-order chi connectivity index (χ1) is 13.5. The molecule has 1 aliphatic heterocycles. The highest BCUT2D eigenvalue weighted by molar-refractivity contribution is 7.22. The van der Waals surface area contributed by atoms with Crippen LogP contribution < -0.4 is 5.32 Å². The largest absolute Gasteiger partial charge is 0.466 e. The number of esters is 1. The Bertz CT molecular complexity index is 871. The van der Waals surface area contributed by atoms with Gasteiger partial charge in [0.15, 0.2) is 5.13 Å². The molecule has 0 unspecified atom stereocenters. The third-order valence-electron chi connectivity index (χ3n) is 4.83. The molecule has 0 bridgehead atoms. The zero-order valence-electron chi connectivity index (χ0n) is 16.2. The first-order valence-electron chi connectivity index (χ1n) is 9.57. The van der Waals surface area contributed by atoms with E-state index in [-0.39, 0.29) is 23.7 Å². The van der Waals surface area contributed by atoms with E-state index in [1.54, 1.807) is 6.92 Å². The van der Waals surface area contributed by atoms with Gasteiger partial charge in [-0.05, 0) is 43.9 Å². The third kappa shape index (κ3) is 5.07. The zero-order chi connectivity index (χ0) is 20.1. The molecular weight excluding hydrogens is 378 g/mol. The van der Waals surface area contributed by atoms with Gasteiger partial charge in [-0.1, -0.05) is 17.4 Å². The molecule has 0 spiro atoms. The predicted octanol–water partition coefficient (Wildman–Crippen LogP) is 2.99. The SMILES string of the molecule is CCOC(=O)C1CCN(C(=O)CCc2ccc3nc(NC(C)=O)sc3c2)CC1. The molecule has 8 heteroatoms. The van der Waals surface area contributed by atoms with Gasteiger partial charge in [0.1, 0.15) is 0 Å². The zero-order valence-corrected chi connectivity index (χ0v) is 17.0. The van der Waals surface area contributed by atoms with Crippen LogP contribution in [0.25, 0.3) is 10.2 Å². The molecule has 28 heavy (non-hydrogen) atoms. The number of hydrogen-bond acceptors (Lipinski definition) is 6. The molecule has 150 valence electrons. The van der Waals surface area contributed by atoms with Crippen molar-refractivity contribution in [3.63, 3.8) is 0 Å². The summed E-state index contributed by atoms with van der Waals surface area (Å²) in [6.45, 7) is 4.88. The van der Waals surface area contributed by atoms with Crippen LogP contribution in [0.5, 0.6) is 0 Å². The number of likely N-dealkylation sites (tertiary alicyclic amines) is 1. The summed E-state index contributed by atoms with van der Waals surface area (Å²) in [5.41, 5.74) is 1.91. The van der Waals surface area contributed by atoms with Gasteiger partial charge in [-0.25, -0.2) is 4.98 Å². The summed E-state index contributed by atoms with van der Waals surface area (Å²) in [4.78, 5) is 41.7. The molecule has 1 fully saturated rings. The fourth-order valence-corrected chi connectivity index (χ4v) is 4.34. The van der Waals surface area contributed by atoms with Crippen molar-refractivity contribution in [1.29, 1.82) is 0 Å². The van der Waals surface area contributed by atoms with Gasteiger partial charge >= 0.3 is 5.97 Å². The number of nitrogens with zero attached hydrogens (tertiary/aromatic N) is 2. The first-order valence-corrected chi connectivity index (χ1v) is 10.4. The summed E-state index contributed by atoms with van der Waals surface area (Å²) in [7, 11) is 0. The first kappa shape index (κ1) is 20.3. The minimum absolute atomic E-state index is 0.0875. The van der Waals surface area contributed by atoms with Gasteiger partial charge in [0.05, 0.1) is 22.7 Å². The number of benzene rings is 1. The van der Waals surface area contributed by atoms with Crippen molar-refractivity contribution in [3.05, 3.63) is 23.8 Å². The Morgan fingerprint density at radius 1 is 1.29 bits per heavy atom. The molecule has 0 saturated carbocycles. The Morgan fingerprint density at radius 3 is 2.71 bits per heavy atom. The molecule has 2 aromatic rings. The van der Waals surface area contributed by atoms with E-state index in [1.807, 2.05) is 23.1 Å². The van der Waals surface area contributed by atoms with Gasteiger partial charge < -0.3 is 15.0 Å². The lowest BCUT2D eigenvalue weighted by molar-refractivity contribution is -0.151. The number of carbonyl (C=O) groups is 3. The van der Waals surface area contributed by atoms with E-state index in [0.29, 0.717) is 50.5 Å².